The smallest absolute Gasteiger partial charge is 0.255 e. The van der Waals surface area contributed by atoms with Gasteiger partial charge in [-0.25, -0.2) is 0 Å². The molecule has 5 heteroatoms. The lowest BCUT2D eigenvalue weighted by Gasteiger charge is -2.18. The average Bonchev–Trinajstić information content (AvgIpc) is 2.92. The molecule has 0 spiro atoms. The van der Waals surface area contributed by atoms with E-state index < -0.39 is 0 Å². The van der Waals surface area contributed by atoms with Crippen LogP contribution in [0.2, 0.25) is 0 Å². The zero-order valence-corrected chi connectivity index (χ0v) is 15.0. The van der Waals surface area contributed by atoms with Crippen LogP contribution in [0.3, 0.4) is 0 Å². The van der Waals surface area contributed by atoms with Crippen molar-refractivity contribution < 1.29 is 14.4 Å². The molecule has 2 atom stereocenters. The van der Waals surface area contributed by atoms with Gasteiger partial charge in [0.15, 0.2) is 0 Å². The summed E-state index contributed by atoms with van der Waals surface area (Å²) in [6.07, 6.45) is 3.31. The van der Waals surface area contributed by atoms with Crippen LogP contribution in [0.1, 0.15) is 30.1 Å². The van der Waals surface area contributed by atoms with Gasteiger partial charge in [-0.05, 0) is 56.2 Å². The van der Waals surface area contributed by atoms with Crippen molar-refractivity contribution in [3.05, 3.63) is 71.8 Å². The quantitative estimate of drug-likeness (QED) is 0.669. The number of anilines is 2. The Morgan fingerprint density at radius 3 is 2.33 bits per heavy atom. The van der Waals surface area contributed by atoms with Gasteiger partial charge in [-0.15, -0.1) is 0 Å². The van der Waals surface area contributed by atoms with Crippen LogP contribution in [0.25, 0.3) is 0 Å². The maximum absolute atomic E-state index is 12.8. The molecule has 4 rings (SSSR count). The number of para-hydroxylation sites is 1. The van der Waals surface area contributed by atoms with E-state index in [4.69, 9.17) is 0 Å². The SMILES string of the molecule is CC1=CC[C@H]2C(=O)N(c3ccc(C(=O)Nc4ccccc4)cc3)C(=O)[C@@H]2C1. The Balaban J connectivity index is 1.52. The number of amides is 3. The maximum Gasteiger partial charge on any atom is 0.255 e. The number of benzene rings is 2. The Morgan fingerprint density at radius 1 is 0.963 bits per heavy atom. The molecule has 2 aromatic carbocycles. The molecule has 3 amide bonds. The van der Waals surface area contributed by atoms with Gasteiger partial charge in [0.2, 0.25) is 11.8 Å². The second-order valence-electron chi connectivity index (χ2n) is 7.08. The van der Waals surface area contributed by atoms with Gasteiger partial charge in [-0.1, -0.05) is 29.8 Å². The Kier molecular flexibility index (Phi) is 4.36. The van der Waals surface area contributed by atoms with Gasteiger partial charge in [-0.2, -0.15) is 0 Å². The first kappa shape index (κ1) is 17.2. The Hall–Kier alpha value is -3.21. The van der Waals surface area contributed by atoms with Gasteiger partial charge in [0, 0.05) is 11.3 Å². The number of allylic oxidation sites excluding steroid dienone is 2. The van der Waals surface area contributed by atoms with Crippen LogP contribution < -0.4 is 10.2 Å². The van der Waals surface area contributed by atoms with Gasteiger partial charge in [0.1, 0.15) is 0 Å². The summed E-state index contributed by atoms with van der Waals surface area (Å²) >= 11 is 0. The molecule has 1 aliphatic heterocycles. The fourth-order valence-corrected chi connectivity index (χ4v) is 3.78. The second kappa shape index (κ2) is 6.83. The lowest BCUT2D eigenvalue weighted by Crippen LogP contribution is -2.30. The van der Waals surface area contributed by atoms with Gasteiger partial charge >= 0.3 is 0 Å². The van der Waals surface area contributed by atoms with Crippen molar-refractivity contribution in [3.63, 3.8) is 0 Å². The third kappa shape index (κ3) is 3.16. The van der Waals surface area contributed by atoms with Crippen molar-refractivity contribution >= 4 is 29.1 Å². The number of hydrogen-bond acceptors (Lipinski definition) is 3. The number of imide groups is 1. The first-order valence-corrected chi connectivity index (χ1v) is 9.04. The van der Waals surface area contributed by atoms with Crippen molar-refractivity contribution in [2.45, 2.75) is 19.8 Å². The van der Waals surface area contributed by atoms with E-state index >= 15 is 0 Å². The summed E-state index contributed by atoms with van der Waals surface area (Å²) in [5.41, 5.74) is 2.86. The largest absolute Gasteiger partial charge is 0.322 e. The van der Waals surface area contributed by atoms with E-state index in [2.05, 4.69) is 5.32 Å². The number of carbonyl (C=O) groups excluding carboxylic acids is 3. The lowest BCUT2D eigenvalue weighted by molar-refractivity contribution is -0.122. The highest BCUT2D eigenvalue weighted by atomic mass is 16.2. The van der Waals surface area contributed by atoms with Gasteiger partial charge in [-0.3, -0.25) is 19.3 Å². The monoisotopic (exact) mass is 360 g/mol. The highest BCUT2D eigenvalue weighted by Gasteiger charge is 2.48. The van der Waals surface area contributed by atoms with E-state index in [9.17, 15) is 14.4 Å². The third-order valence-corrected chi connectivity index (χ3v) is 5.24. The Labute approximate surface area is 157 Å². The molecule has 2 aliphatic rings. The molecule has 0 radical (unpaired) electrons. The van der Waals surface area contributed by atoms with E-state index in [1.165, 1.54) is 4.90 Å². The van der Waals surface area contributed by atoms with Crippen molar-refractivity contribution in [1.82, 2.24) is 0 Å². The molecular weight excluding hydrogens is 340 g/mol. The highest BCUT2D eigenvalue weighted by molar-refractivity contribution is 6.22. The number of rotatable bonds is 3. The highest BCUT2D eigenvalue weighted by Crippen LogP contribution is 2.39. The molecule has 0 aromatic heterocycles. The summed E-state index contributed by atoms with van der Waals surface area (Å²) in [6, 6.07) is 15.8. The number of carbonyl (C=O) groups is 3. The number of nitrogens with zero attached hydrogens (tertiary/aromatic N) is 1. The fourth-order valence-electron chi connectivity index (χ4n) is 3.78. The number of hydrogen-bond donors (Lipinski definition) is 1. The summed E-state index contributed by atoms with van der Waals surface area (Å²) in [5, 5.41) is 2.82. The van der Waals surface area contributed by atoms with Crippen LogP contribution in [0.5, 0.6) is 0 Å². The molecule has 1 aliphatic carbocycles. The summed E-state index contributed by atoms with van der Waals surface area (Å²) < 4.78 is 0. The van der Waals surface area contributed by atoms with E-state index in [0.717, 1.165) is 5.57 Å². The standard InChI is InChI=1S/C22H20N2O3/c1-14-7-12-18-19(13-14)22(27)24(21(18)26)17-10-8-15(9-11-17)20(25)23-16-5-3-2-4-6-16/h2-11,18-19H,12-13H2,1H3,(H,23,25)/t18-,19-/m1/s1. The molecule has 136 valence electrons. The number of fused-ring (bicyclic) bond motifs is 1. The molecule has 1 N–H and O–H groups in total. The van der Waals surface area contributed by atoms with Crippen molar-refractivity contribution in [1.29, 1.82) is 0 Å². The predicted octanol–water partition coefficient (Wildman–Crippen LogP) is 3.78. The van der Waals surface area contributed by atoms with Crippen LogP contribution >= 0.6 is 0 Å². The van der Waals surface area contributed by atoms with Gasteiger partial charge < -0.3 is 5.32 Å². The molecule has 0 saturated carbocycles. The van der Waals surface area contributed by atoms with Gasteiger partial charge in [0.05, 0.1) is 17.5 Å². The van der Waals surface area contributed by atoms with Crippen LogP contribution in [0.4, 0.5) is 11.4 Å². The summed E-state index contributed by atoms with van der Waals surface area (Å²) in [4.78, 5) is 39.1. The second-order valence-corrected chi connectivity index (χ2v) is 7.08. The molecular formula is C22H20N2O3. The number of nitrogens with one attached hydrogen (secondary N) is 1. The van der Waals surface area contributed by atoms with Crippen molar-refractivity contribution in [2.24, 2.45) is 11.8 Å². The van der Waals surface area contributed by atoms with Crippen molar-refractivity contribution in [3.8, 4) is 0 Å². The molecule has 0 bridgehead atoms. The maximum atomic E-state index is 12.8. The lowest BCUT2D eigenvalue weighted by atomic mass is 9.82. The van der Waals surface area contributed by atoms with Crippen molar-refractivity contribution in [2.75, 3.05) is 10.2 Å². The van der Waals surface area contributed by atoms with Gasteiger partial charge in [0.25, 0.3) is 5.91 Å². The topological polar surface area (TPSA) is 66.5 Å². The molecule has 5 nitrogen and oxygen atoms in total. The first-order chi connectivity index (χ1) is 13.0. The zero-order valence-electron chi connectivity index (χ0n) is 15.0. The Morgan fingerprint density at radius 2 is 1.63 bits per heavy atom. The van der Waals surface area contributed by atoms with Crippen LogP contribution in [-0.4, -0.2) is 17.7 Å². The fraction of sp³-hybridized carbons (Fsp3) is 0.227. The summed E-state index contributed by atoms with van der Waals surface area (Å²) in [6.45, 7) is 2.00. The third-order valence-electron chi connectivity index (χ3n) is 5.24. The van der Waals surface area contributed by atoms with E-state index in [1.54, 1.807) is 24.3 Å². The molecule has 0 unspecified atom stereocenters. The normalized spacial score (nSPS) is 21.7. The minimum Gasteiger partial charge on any atom is -0.322 e. The Bertz CT molecular complexity index is 932. The first-order valence-electron chi connectivity index (χ1n) is 9.04. The minimum absolute atomic E-state index is 0.140. The van der Waals surface area contributed by atoms with E-state index in [1.807, 2.05) is 43.3 Å². The zero-order chi connectivity index (χ0) is 19.0. The average molecular weight is 360 g/mol. The van der Waals surface area contributed by atoms with E-state index in [-0.39, 0.29) is 29.6 Å². The van der Waals surface area contributed by atoms with Crippen LogP contribution in [-0.2, 0) is 9.59 Å². The summed E-state index contributed by atoms with van der Waals surface area (Å²) in [7, 11) is 0. The summed E-state index contributed by atoms with van der Waals surface area (Å²) in [5.74, 6) is -1.04. The molecule has 2 aromatic rings. The molecule has 1 saturated heterocycles. The predicted molar refractivity (Wildman–Crippen MR) is 103 cm³/mol. The molecule has 1 fully saturated rings. The molecule has 27 heavy (non-hydrogen) atoms. The van der Waals surface area contributed by atoms with E-state index in [0.29, 0.717) is 29.8 Å². The molecule has 1 heterocycles. The van der Waals surface area contributed by atoms with Crippen LogP contribution in [0, 0.1) is 11.8 Å². The van der Waals surface area contributed by atoms with Crippen LogP contribution in [0.15, 0.2) is 66.2 Å². The minimum atomic E-state index is -0.262.